The molecule has 1 N–H and O–H groups in total. The fraction of sp³-hybridized carbons (Fsp3) is 0.533. The summed E-state index contributed by atoms with van der Waals surface area (Å²) in [5.41, 5.74) is 0.868. The lowest BCUT2D eigenvalue weighted by molar-refractivity contribution is -0.306. The van der Waals surface area contributed by atoms with E-state index in [9.17, 15) is 9.90 Å². The number of hydrogen-bond donors (Lipinski definition) is 1. The third-order valence-electron chi connectivity index (χ3n) is 3.49. The van der Waals surface area contributed by atoms with E-state index in [1.165, 1.54) is 0 Å². The Hall–Kier alpha value is -1.67. The van der Waals surface area contributed by atoms with Crippen LogP contribution in [-0.2, 0) is 25.7 Å². The second kappa shape index (κ2) is 5.85. The number of aliphatic hydroxyl groups is 1. The number of fused-ring (bicyclic) bond motifs is 1. The number of hydrogen-bond acceptors (Lipinski definition) is 6. The Labute approximate surface area is 128 Å². The molecule has 0 radical (unpaired) electrons. The van der Waals surface area contributed by atoms with Crippen molar-refractivity contribution in [2.45, 2.75) is 44.7 Å². The molecule has 0 aromatic heterocycles. The van der Waals surface area contributed by atoms with Gasteiger partial charge in [-0.1, -0.05) is 30.3 Å². The first-order valence-electron chi connectivity index (χ1n) is 7.13. The number of ether oxygens (including phenoxy) is 3. The average molecular weight is 309 g/mol. The van der Waals surface area contributed by atoms with Crippen molar-refractivity contribution in [3.05, 3.63) is 35.9 Å². The van der Waals surface area contributed by atoms with Gasteiger partial charge in [0.25, 0.3) is 0 Å². The molecule has 22 heavy (non-hydrogen) atoms. The van der Waals surface area contributed by atoms with Gasteiger partial charge in [0.15, 0.2) is 5.79 Å². The summed E-state index contributed by atoms with van der Waals surface area (Å²) in [5, 5.41) is 10.9. The molecule has 0 aliphatic carbocycles. The van der Waals surface area contributed by atoms with E-state index in [1.54, 1.807) is 13.8 Å². The quantitative estimate of drug-likeness (QED) is 0.890. The van der Waals surface area contributed by atoms with Crippen molar-refractivity contribution in [1.82, 2.24) is 5.06 Å². The van der Waals surface area contributed by atoms with Crippen LogP contribution in [0, 0.1) is 0 Å². The summed E-state index contributed by atoms with van der Waals surface area (Å²) in [5.74, 6) is -0.816. The standard InChI is InChI=1S/C15H19NO6/c1-15(2)20-11-8-16(22-13(17)12(11)21-15)14(18)19-9-10-6-4-3-5-7-10/h3-7,11-13,17H,8-9H2,1-2H3/t11-,12-,13?/m0/s1. The molecule has 3 atom stereocenters. The molecule has 7 heteroatoms. The van der Waals surface area contributed by atoms with Gasteiger partial charge in [-0.2, -0.15) is 5.06 Å². The molecule has 1 unspecified atom stereocenters. The lowest BCUT2D eigenvalue weighted by Gasteiger charge is -2.34. The normalized spacial score (nSPS) is 30.0. The van der Waals surface area contributed by atoms with Crippen molar-refractivity contribution in [3.8, 4) is 0 Å². The zero-order chi connectivity index (χ0) is 15.7. The summed E-state index contributed by atoms with van der Waals surface area (Å²) in [4.78, 5) is 17.2. The topological polar surface area (TPSA) is 77.5 Å². The Morgan fingerprint density at radius 2 is 2.09 bits per heavy atom. The average Bonchev–Trinajstić information content (AvgIpc) is 2.80. The van der Waals surface area contributed by atoms with Crippen LogP contribution >= 0.6 is 0 Å². The molecule has 2 aliphatic heterocycles. The molecule has 0 spiro atoms. The predicted molar refractivity (Wildman–Crippen MR) is 74.2 cm³/mol. The van der Waals surface area contributed by atoms with Crippen LogP contribution < -0.4 is 0 Å². The van der Waals surface area contributed by atoms with Crippen LogP contribution in [0.1, 0.15) is 19.4 Å². The molecule has 1 aromatic carbocycles. The molecule has 0 bridgehead atoms. The second-order valence-electron chi connectivity index (χ2n) is 5.74. The van der Waals surface area contributed by atoms with Crippen molar-refractivity contribution in [1.29, 1.82) is 0 Å². The van der Waals surface area contributed by atoms with E-state index < -0.39 is 30.4 Å². The maximum Gasteiger partial charge on any atom is 0.434 e. The number of rotatable bonds is 2. The lowest BCUT2D eigenvalue weighted by Crippen LogP contribution is -2.54. The molecular weight excluding hydrogens is 290 g/mol. The largest absolute Gasteiger partial charge is 0.443 e. The first kappa shape index (κ1) is 15.2. The van der Waals surface area contributed by atoms with Crippen LogP contribution in [0.4, 0.5) is 4.79 Å². The highest BCUT2D eigenvalue weighted by molar-refractivity contribution is 5.66. The first-order valence-corrected chi connectivity index (χ1v) is 7.13. The lowest BCUT2D eigenvalue weighted by atomic mass is 10.2. The van der Waals surface area contributed by atoms with Gasteiger partial charge in [-0.25, -0.2) is 9.63 Å². The highest BCUT2D eigenvalue weighted by Gasteiger charge is 2.50. The Morgan fingerprint density at radius 3 is 2.82 bits per heavy atom. The van der Waals surface area contributed by atoms with E-state index in [0.717, 1.165) is 10.6 Å². The third kappa shape index (κ3) is 3.22. The van der Waals surface area contributed by atoms with Gasteiger partial charge in [0.05, 0.1) is 6.54 Å². The summed E-state index contributed by atoms with van der Waals surface area (Å²) in [6.07, 6.45) is -3.02. The molecule has 1 aromatic rings. The maximum absolute atomic E-state index is 12.0. The number of amides is 1. The van der Waals surface area contributed by atoms with Gasteiger partial charge in [-0.05, 0) is 19.4 Å². The van der Waals surface area contributed by atoms with Crippen molar-refractivity contribution < 1.29 is 28.9 Å². The van der Waals surface area contributed by atoms with Crippen molar-refractivity contribution >= 4 is 6.09 Å². The van der Waals surface area contributed by atoms with Gasteiger partial charge in [-0.15, -0.1) is 0 Å². The van der Waals surface area contributed by atoms with Crippen LogP contribution in [-0.4, -0.2) is 47.1 Å². The zero-order valence-corrected chi connectivity index (χ0v) is 12.5. The third-order valence-corrected chi connectivity index (χ3v) is 3.49. The minimum absolute atomic E-state index is 0.132. The molecule has 7 nitrogen and oxygen atoms in total. The Kier molecular flexibility index (Phi) is 4.05. The van der Waals surface area contributed by atoms with E-state index in [2.05, 4.69) is 0 Å². The summed E-state index contributed by atoms with van der Waals surface area (Å²) >= 11 is 0. The minimum Gasteiger partial charge on any atom is -0.443 e. The Balaban J connectivity index is 1.58. The van der Waals surface area contributed by atoms with Crippen LogP contribution in [0.3, 0.4) is 0 Å². The van der Waals surface area contributed by atoms with Crippen molar-refractivity contribution in [2.75, 3.05) is 6.54 Å². The molecule has 120 valence electrons. The SMILES string of the molecule is CC1(C)O[C@H]2CN(C(=O)OCc3ccccc3)OC(O)[C@H]2O1. The molecule has 2 aliphatic rings. The highest BCUT2D eigenvalue weighted by atomic mass is 16.8. The number of carbonyl (C=O) groups is 1. The number of hydroxylamine groups is 2. The Morgan fingerprint density at radius 1 is 1.36 bits per heavy atom. The summed E-state index contributed by atoms with van der Waals surface area (Å²) in [6, 6.07) is 9.31. The molecule has 0 saturated carbocycles. The van der Waals surface area contributed by atoms with Crippen LogP contribution in [0.15, 0.2) is 30.3 Å². The molecule has 3 rings (SSSR count). The highest BCUT2D eigenvalue weighted by Crippen LogP contribution is 2.33. The van der Waals surface area contributed by atoms with Gasteiger partial charge >= 0.3 is 6.09 Å². The summed E-state index contributed by atoms with van der Waals surface area (Å²) < 4.78 is 16.4. The van der Waals surface area contributed by atoms with Crippen LogP contribution in [0.25, 0.3) is 0 Å². The smallest absolute Gasteiger partial charge is 0.434 e. The van der Waals surface area contributed by atoms with Crippen molar-refractivity contribution in [3.63, 3.8) is 0 Å². The monoisotopic (exact) mass is 309 g/mol. The van der Waals surface area contributed by atoms with Gasteiger partial charge < -0.3 is 19.3 Å². The fourth-order valence-corrected chi connectivity index (χ4v) is 2.55. The number of aliphatic hydroxyl groups excluding tert-OH is 1. The van der Waals surface area contributed by atoms with Gasteiger partial charge in [0.1, 0.15) is 18.8 Å². The fourth-order valence-electron chi connectivity index (χ4n) is 2.55. The number of carbonyl (C=O) groups excluding carboxylic acids is 1. The van der Waals surface area contributed by atoms with E-state index in [-0.39, 0.29) is 13.2 Å². The molecule has 2 fully saturated rings. The predicted octanol–water partition coefficient (Wildman–Crippen LogP) is 1.41. The maximum atomic E-state index is 12.0. The zero-order valence-electron chi connectivity index (χ0n) is 12.5. The van der Waals surface area contributed by atoms with E-state index in [4.69, 9.17) is 19.0 Å². The van der Waals surface area contributed by atoms with E-state index in [0.29, 0.717) is 0 Å². The first-order chi connectivity index (χ1) is 10.4. The Bertz CT molecular complexity index is 534. The van der Waals surface area contributed by atoms with E-state index >= 15 is 0 Å². The van der Waals surface area contributed by atoms with Gasteiger partial charge in [0, 0.05) is 0 Å². The molecule has 2 saturated heterocycles. The summed E-state index contributed by atoms with van der Waals surface area (Å²) in [7, 11) is 0. The molecule has 2 heterocycles. The molecule has 1 amide bonds. The van der Waals surface area contributed by atoms with Crippen molar-refractivity contribution in [2.24, 2.45) is 0 Å². The number of nitrogens with zero attached hydrogens (tertiary/aromatic N) is 1. The van der Waals surface area contributed by atoms with Crippen LogP contribution in [0.2, 0.25) is 0 Å². The second-order valence-corrected chi connectivity index (χ2v) is 5.74. The van der Waals surface area contributed by atoms with E-state index in [1.807, 2.05) is 30.3 Å². The van der Waals surface area contributed by atoms with Crippen LogP contribution in [0.5, 0.6) is 0 Å². The van der Waals surface area contributed by atoms with Gasteiger partial charge in [-0.3, -0.25) is 0 Å². The molecular formula is C15H19NO6. The summed E-state index contributed by atoms with van der Waals surface area (Å²) in [6.45, 7) is 3.76. The number of benzene rings is 1. The minimum atomic E-state index is -1.27. The van der Waals surface area contributed by atoms with Gasteiger partial charge in [0.2, 0.25) is 6.29 Å².